The quantitative estimate of drug-likeness (QED) is 0.488. The summed E-state index contributed by atoms with van der Waals surface area (Å²) in [4.78, 5) is 21.4. The first-order valence-electron chi connectivity index (χ1n) is 5.98. The Kier molecular flexibility index (Phi) is 4.92. The van der Waals surface area contributed by atoms with Crippen LogP contribution in [0.5, 0.6) is 0 Å². The largest absolute Gasteiger partial charge is 0.399 e. The molecule has 2 aromatic rings. The number of hydrogen-bond acceptors (Lipinski definition) is 6. The van der Waals surface area contributed by atoms with Crippen molar-refractivity contribution in [2.24, 2.45) is 5.16 Å². The Labute approximate surface area is 125 Å². The lowest BCUT2D eigenvalue weighted by Crippen LogP contribution is -2.12. The number of thioether (sulfide) groups is 1. The van der Waals surface area contributed by atoms with Gasteiger partial charge in [-0.2, -0.15) is 0 Å². The number of carbonyl (C=O) groups excluding carboxylic acids is 1. The number of benzene rings is 1. The van der Waals surface area contributed by atoms with Gasteiger partial charge in [-0.05, 0) is 43.3 Å². The molecule has 6 heteroatoms. The molecule has 0 amide bonds. The second-order valence-corrected chi connectivity index (χ2v) is 6.18. The Bertz CT molecular complexity index is 656. The third-order valence-corrected chi connectivity index (χ3v) is 4.61. The van der Waals surface area contributed by atoms with Gasteiger partial charge in [-0.15, -0.1) is 11.3 Å². The summed E-state index contributed by atoms with van der Waals surface area (Å²) in [5.74, 6) is 0. The third kappa shape index (κ3) is 3.26. The predicted octanol–water partition coefficient (Wildman–Crippen LogP) is 3.88. The minimum absolute atomic E-state index is 0.165. The number of nitrogens with zero attached hydrogens (tertiary/aromatic N) is 2. The van der Waals surface area contributed by atoms with Crippen LogP contribution >= 0.6 is 23.1 Å². The minimum Gasteiger partial charge on any atom is -0.399 e. The minimum atomic E-state index is -0.165. The third-order valence-electron chi connectivity index (χ3n) is 2.64. The molecule has 1 heterocycles. The molecule has 0 unspecified atom stereocenters. The van der Waals surface area contributed by atoms with Crippen molar-refractivity contribution in [2.75, 3.05) is 7.11 Å². The molecule has 0 aliphatic heterocycles. The fourth-order valence-electron chi connectivity index (χ4n) is 1.52. The molecular formula is C14H14N2O2S2. The highest BCUT2D eigenvalue weighted by Gasteiger charge is 2.18. The van der Waals surface area contributed by atoms with Crippen molar-refractivity contribution in [1.29, 1.82) is 0 Å². The number of fused-ring (bicyclic) bond motifs is 1. The Morgan fingerprint density at radius 3 is 2.85 bits per heavy atom. The van der Waals surface area contributed by atoms with Crippen LogP contribution in [-0.2, 0) is 9.63 Å². The first-order valence-corrected chi connectivity index (χ1v) is 7.61. The molecule has 0 spiro atoms. The number of oxime groups is 1. The van der Waals surface area contributed by atoms with E-state index in [2.05, 4.69) is 10.1 Å². The highest BCUT2D eigenvalue weighted by atomic mass is 32.2. The molecule has 1 aromatic carbocycles. The molecular weight excluding hydrogens is 292 g/mol. The number of rotatable bonds is 4. The highest BCUT2D eigenvalue weighted by molar-refractivity contribution is 8.16. The van der Waals surface area contributed by atoms with E-state index in [0.717, 1.165) is 27.6 Å². The molecule has 0 radical (unpaired) electrons. The second kappa shape index (κ2) is 6.67. The van der Waals surface area contributed by atoms with Crippen LogP contribution in [0.15, 0.2) is 45.4 Å². The van der Waals surface area contributed by atoms with Crippen molar-refractivity contribution in [3.63, 3.8) is 0 Å². The number of carbonyl (C=O) groups is 1. The molecule has 0 aliphatic carbocycles. The molecule has 0 aliphatic rings. The maximum Gasteiger partial charge on any atom is 0.248 e. The van der Waals surface area contributed by atoms with Crippen molar-refractivity contribution in [2.45, 2.75) is 18.2 Å². The summed E-state index contributed by atoms with van der Waals surface area (Å²) in [6.45, 7) is 3.69. The number of hydrogen-bond donors (Lipinski definition) is 0. The lowest BCUT2D eigenvalue weighted by molar-refractivity contribution is -0.105. The summed E-state index contributed by atoms with van der Waals surface area (Å²) in [5, 5.41) is 3.63. The van der Waals surface area contributed by atoms with Gasteiger partial charge in [0.15, 0.2) is 10.1 Å². The van der Waals surface area contributed by atoms with Crippen LogP contribution in [0.1, 0.15) is 13.8 Å². The van der Waals surface area contributed by atoms with E-state index in [1.54, 1.807) is 0 Å². The number of allylic oxidation sites excluding steroid dienone is 2. The van der Waals surface area contributed by atoms with Crippen LogP contribution in [0.3, 0.4) is 0 Å². The van der Waals surface area contributed by atoms with Gasteiger partial charge < -0.3 is 4.84 Å². The molecule has 0 saturated carbocycles. The fraction of sp³-hybridized carbons (Fsp3) is 0.214. The number of para-hydroxylation sites is 1. The van der Waals surface area contributed by atoms with Crippen LogP contribution in [0.25, 0.3) is 10.2 Å². The van der Waals surface area contributed by atoms with Crippen molar-refractivity contribution in [1.82, 2.24) is 4.98 Å². The van der Waals surface area contributed by atoms with Gasteiger partial charge >= 0.3 is 0 Å². The standard InChI is InChI=1S/C14H14N2O2S2/c1-4-9(2)12(16-18-3)13(17)20-14-15-10-7-5-6-8-11(10)19-14/h4-8H,1-3H3. The van der Waals surface area contributed by atoms with E-state index < -0.39 is 0 Å². The molecule has 2 rings (SSSR count). The van der Waals surface area contributed by atoms with E-state index in [1.807, 2.05) is 44.2 Å². The molecule has 104 valence electrons. The van der Waals surface area contributed by atoms with Crippen LogP contribution in [0, 0.1) is 0 Å². The van der Waals surface area contributed by atoms with Gasteiger partial charge in [0.2, 0.25) is 5.12 Å². The summed E-state index contributed by atoms with van der Waals surface area (Å²) in [5.41, 5.74) is 2.01. The van der Waals surface area contributed by atoms with Crippen LogP contribution < -0.4 is 0 Å². The van der Waals surface area contributed by atoms with Gasteiger partial charge in [-0.25, -0.2) is 4.98 Å². The first kappa shape index (κ1) is 14.7. The molecule has 20 heavy (non-hydrogen) atoms. The SMILES string of the molecule is CC=C(C)C(=NOC)C(=O)Sc1nc2ccccc2s1. The molecule has 0 atom stereocenters. The van der Waals surface area contributed by atoms with Crippen LogP contribution in [0.4, 0.5) is 0 Å². The van der Waals surface area contributed by atoms with Crippen LogP contribution in [0.2, 0.25) is 0 Å². The highest BCUT2D eigenvalue weighted by Crippen LogP contribution is 2.30. The normalized spacial score (nSPS) is 12.8. The zero-order chi connectivity index (χ0) is 14.5. The predicted molar refractivity (Wildman–Crippen MR) is 84.4 cm³/mol. The average Bonchev–Trinajstić information content (AvgIpc) is 2.85. The summed E-state index contributed by atoms with van der Waals surface area (Å²) in [6.07, 6.45) is 1.83. The molecule has 0 saturated heterocycles. The van der Waals surface area contributed by atoms with Crippen molar-refractivity contribution in [3.8, 4) is 0 Å². The van der Waals surface area contributed by atoms with Gasteiger partial charge in [0.1, 0.15) is 7.11 Å². The zero-order valence-corrected chi connectivity index (χ0v) is 13.0. The van der Waals surface area contributed by atoms with Crippen LogP contribution in [-0.4, -0.2) is 22.9 Å². The summed E-state index contributed by atoms with van der Waals surface area (Å²) < 4.78 is 1.78. The Morgan fingerprint density at radius 2 is 2.20 bits per heavy atom. The van der Waals surface area contributed by atoms with Gasteiger partial charge in [0.25, 0.3) is 0 Å². The molecule has 4 nitrogen and oxygen atoms in total. The van der Waals surface area contributed by atoms with E-state index >= 15 is 0 Å². The van der Waals surface area contributed by atoms with Crippen molar-refractivity contribution in [3.05, 3.63) is 35.9 Å². The first-order chi connectivity index (χ1) is 9.65. The molecule has 0 bridgehead atoms. The lowest BCUT2D eigenvalue weighted by atomic mass is 10.2. The fourth-order valence-corrected chi connectivity index (χ4v) is 3.48. The van der Waals surface area contributed by atoms with E-state index in [9.17, 15) is 4.79 Å². The Balaban J connectivity index is 2.23. The second-order valence-electron chi connectivity index (χ2n) is 3.93. The monoisotopic (exact) mass is 306 g/mol. The van der Waals surface area contributed by atoms with Gasteiger partial charge in [0.05, 0.1) is 10.2 Å². The van der Waals surface area contributed by atoms with E-state index in [1.165, 1.54) is 18.4 Å². The molecule has 1 aromatic heterocycles. The van der Waals surface area contributed by atoms with Gasteiger partial charge in [-0.1, -0.05) is 23.4 Å². The summed E-state index contributed by atoms with van der Waals surface area (Å²) in [6, 6.07) is 7.81. The van der Waals surface area contributed by atoms with Gasteiger partial charge in [0, 0.05) is 0 Å². The number of aromatic nitrogens is 1. The zero-order valence-electron chi connectivity index (χ0n) is 11.4. The lowest BCUT2D eigenvalue weighted by Gasteiger charge is -2.02. The summed E-state index contributed by atoms with van der Waals surface area (Å²) >= 11 is 2.57. The maximum absolute atomic E-state index is 12.3. The van der Waals surface area contributed by atoms with Crippen molar-refractivity contribution >= 4 is 44.1 Å². The van der Waals surface area contributed by atoms with E-state index in [-0.39, 0.29) is 5.12 Å². The topological polar surface area (TPSA) is 51.5 Å². The Hall–Kier alpha value is -1.66. The molecule has 0 N–H and O–H groups in total. The van der Waals surface area contributed by atoms with E-state index in [4.69, 9.17) is 4.84 Å². The smallest absolute Gasteiger partial charge is 0.248 e. The van der Waals surface area contributed by atoms with E-state index in [0.29, 0.717) is 10.1 Å². The summed E-state index contributed by atoms with van der Waals surface area (Å²) in [7, 11) is 1.43. The average molecular weight is 306 g/mol. The Morgan fingerprint density at radius 1 is 1.45 bits per heavy atom. The molecule has 0 fully saturated rings. The van der Waals surface area contributed by atoms with Crippen molar-refractivity contribution < 1.29 is 9.63 Å². The van der Waals surface area contributed by atoms with Gasteiger partial charge in [-0.3, -0.25) is 4.79 Å². The maximum atomic E-state index is 12.3. The number of thiazole rings is 1.